The third kappa shape index (κ3) is 4.51. The van der Waals surface area contributed by atoms with Crippen LogP contribution in [-0.2, 0) is 6.54 Å². The first kappa shape index (κ1) is 21.0. The van der Waals surface area contributed by atoms with Crippen LogP contribution in [-0.4, -0.2) is 37.9 Å². The van der Waals surface area contributed by atoms with Crippen LogP contribution < -0.4 is 10.1 Å². The maximum absolute atomic E-state index is 5.49. The summed E-state index contributed by atoms with van der Waals surface area (Å²) in [6.07, 6.45) is 3.82. The number of thioether (sulfide) groups is 1. The number of hydrogen-bond donors (Lipinski definition) is 1. The first-order chi connectivity index (χ1) is 16.2. The van der Waals surface area contributed by atoms with Crippen LogP contribution in [0, 0.1) is 0 Å². The van der Waals surface area contributed by atoms with Gasteiger partial charge in [-0.15, -0.1) is 0 Å². The molecule has 0 bridgehead atoms. The van der Waals surface area contributed by atoms with E-state index in [0.29, 0.717) is 16.9 Å². The first-order valence-corrected chi connectivity index (χ1v) is 11.7. The van der Waals surface area contributed by atoms with Gasteiger partial charge in [0.1, 0.15) is 5.75 Å². The fraction of sp³-hybridized carbons (Fsp3) is 0.120. The SMILES string of the molecule is COc1ccccc1-c1nc(Nc2cccc(Cn3cnc4ccccc43)c2)nc(SC)n1. The molecule has 0 unspecified atom stereocenters. The summed E-state index contributed by atoms with van der Waals surface area (Å²) in [5.74, 6) is 1.77. The Balaban J connectivity index is 1.43. The molecule has 2 heterocycles. The normalized spacial score (nSPS) is 11.0. The van der Waals surface area contributed by atoms with E-state index in [1.807, 2.05) is 67.2 Å². The third-order valence-electron chi connectivity index (χ3n) is 5.21. The average molecular weight is 455 g/mol. The minimum atomic E-state index is 0.487. The Morgan fingerprint density at radius 1 is 0.939 bits per heavy atom. The van der Waals surface area contributed by atoms with Gasteiger partial charge in [-0.05, 0) is 48.2 Å². The van der Waals surface area contributed by atoms with Gasteiger partial charge in [0.2, 0.25) is 5.95 Å². The van der Waals surface area contributed by atoms with Crippen LogP contribution >= 0.6 is 11.8 Å². The minimum absolute atomic E-state index is 0.487. The van der Waals surface area contributed by atoms with Gasteiger partial charge in [-0.25, -0.2) is 9.97 Å². The number of para-hydroxylation sites is 3. The van der Waals surface area contributed by atoms with Crippen molar-refractivity contribution < 1.29 is 4.74 Å². The molecule has 0 aliphatic rings. The average Bonchev–Trinajstić information content (AvgIpc) is 3.26. The van der Waals surface area contributed by atoms with Gasteiger partial charge in [0, 0.05) is 12.2 Å². The van der Waals surface area contributed by atoms with Gasteiger partial charge in [-0.1, -0.05) is 48.2 Å². The highest BCUT2D eigenvalue weighted by atomic mass is 32.2. The van der Waals surface area contributed by atoms with Gasteiger partial charge in [-0.2, -0.15) is 9.97 Å². The number of ether oxygens (including phenoxy) is 1. The molecule has 33 heavy (non-hydrogen) atoms. The number of imidazole rings is 1. The van der Waals surface area contributed by atoms with Crippen LogP contribution in [0.2, 0.25) is 0 Å². The van der Waals surface area contributed by atoms with E-state index in [0.717, 1.165) is 40.1 Å². The lowest BCUT2D eigenvalue weighted by atomic mass is 10.2. The molecular formula is C25H22N6OS. The van der Waals surface area contributed by atoms with Crippen molar-refractivity contribution in [3.63, 3.8) is 0 Å². The van der Waals surface area contributed by atoms with Crippen molar-refractivity contribution in [3.05, 3.63) is 84.7 Å². The van der Waals surface area contributed by atoms with E-state index in [1.165, 1.54) is 11.8 Å². The van der Waals surface area contributed by atoms with E-state index in [1.54, 1.807) is 7.11 Å². The largest absolute Gasteiger partial charge is 0.496 e. The molecule has 1 N–H and O–H groups in total. The second-order valence-corrected chi connectivity index (χ2v) is 8.13. The van der Waals surface area contributed by atoms with Gasteiger partial charge in [0.25, 0.3) is 0 Å². The quantitative estimate of drug-likeness (QED) is 0.329. The number of hydrogen-bond acceptors (Lipinski definition) is 7. The zero-order valence-corrected chi connectivity index (χ0v) is 19.1. The van der Waals surface area contributed by atoms with Crippen LogP contribution in [0.5, 0.6) is 5.75 Å². The molecule has 0 aliphatic carbocycles. The van der Waals surface area contributed by atoms with E-state index in [4.69, 9.17) is 4.74 Å². The molecule has 0 saturated carbocycles. The number of rotatable bonds is 7. The van der Waals surface area contributed by atoms with Crippen LogP contribution in [0.25, 0.3) is 22.4 Å². The van der Waals surface area contributed by atoms with Crippen molar-refractivity contribution in [1.29, 1.82) is 0 Å². The van der Waals surface area contributed by atoms with Crippen molar-refractivity contribution in [2.24, 2.45) is 0 Å². The summed E-state index contributed by atoms with van der Waals surface area (Å²) in [5.41, 5.74) is 4.97. The Morgan fingerprint density at radius 3 is 2.67 bits per heavy atom. The standard InChI is InChI=1S/C25H22N6OS/c1-32-22-13-6-3-10-19(22)23-28-24(30-25(29-23)33-2)27-18-9-7-8-17(14-18)15-31-16-26-20-11-4-5-12-21(20)31/h3-14,16H,15H2,1-2H3,(H,27,28,29,30). The van der Waals surface area contributed by atoms with Gasteiger partial charge < -0.3 is 14.6 Å². The second kappa shape index (κ2) is 9.30. The molecule has 0 radical (unpaired) electrons. The maximum atomic E-state index is 5.49. The highest BCUT2D eigenvalue weighted by Gasteiger charge is 2.13. The lowest BCUT2D eigenvalue weighted by Crippen LogP contribution is -2.04. The fourth-order valence-electron chi connectivity index (χ4n) is 3.66. The lowest BCUT2D eigenvalue weighted by molar-refractivity contribution is 0.416. The highest BCUT2D eigenvalue weighted by molar-refractivity contribution is 7.98. The van der Waals surface area contributed by atoms with Crippen molar-refractivity contribution in [2.75, 3.05) is 18.7 Å². The first-order valence-electron chi connectivity index (χ1n) is 10.4. The summed E-state index contributed by atoms with van der Waals surface area (Å²) in [5, 5.41) is 3.98. The molecule has 0 saturated heterocycles. The van der Waals surface area contributed by atoms with Crippen LogP contribution in [0.4, 0.5) is 11.6 Å². The van der Waals surface area contributed by atoms with E-state index >= 15 is 0 Å². The van der Waals surface area contributed by atoms with Crippen molar-refractivity contribution >= 4 is 34.4 Å². The monoisotopic (exact) mass is 454 g/mol. The van der Waals surface area contributed by atoms with E-state index < -0.39 is 0 Å². The smallest absolute Gasteiger partial charge is 0.231 e. The van der Waals surface area contributed by atoms with Gasteiger partial charge in [0.05, 0.1) is 30.0 Å². The molecule has 2 aromatic heterocycles. The zero-order valence-electron chi connectivity index (χ0n) is 18.3. The number of nitrogens with zero attached hydrogens (tertiary/aromatic N) is 5. The van der Waals surface area contributed by atoms with Crippen molar-refractivity contribution in [2.45, 2.75) is 11.7 Å². The Hall–Kier alpha value is -3.91. The van der Waals surface area contributed by atoms with Crippen LogP contribution in [0.1, 0.15) is 5.56 Å². The molecule has 8 heteroatoms. The number of anilines is 2. The molecule has 7 nitrogen and oxygen atoms in total. The second-order valence-electron chi connectivity index (χ2n) is 7.36. The summed E-state index contributed by atoms with van der Waals surface area (Å²) >= 11 is 1.47. The summed E-state index contributed by atoms with van der Waals surface area (Å²) in [4.78, 5) is 18.3. The number of nitrogens with one attached hydrogen (secondary N) is 1. The van der Waals surface area contributed by atoms with Gasteiger partial charge >= 0.3 is 0 Å². The summed E-state index contributed by atoms with van der Waals surface area (Å²) in [7, 11) is 1.64. The highest BCUT2D eigenvalue weighted by Crippen LogP contribution is 2.29. The van der Waals surface area contributed by atoms with Gasteiger partial charge in [0.15, 0.2) is 11.0 Å². The van der Waals surface area contributed by atoms with Crippen LogP contribution in [0.15, 0.2) is 84.3 Å². The lowest BCUT2D eigenvalue weighted by Gasteiger charge is -2.11. The molecule has 5 aromatic rings. The molecule has 0 spiro atoms. The summed E-state index contributed by atoms with van der Waals surface area (Å²) in [6, 6.07) is 24.1. The number of fused-ring (bicyclic) bond motifs is 1. The van der Waals surface area contributed by atoms with Crippen molar-refractivity contribution in [3.8, 4) is 17.1 Å². The molecule has 164 valence electrons. The Bertz CT molecular complexity index is 1420. The molecule has 0 atom stereocenters. The Morgan fingerprint density at radius 2 is 1.79 bits per heavy atom. The summed E-state index contributed by atoms with van der Waals surface area (Å²) in [6.45, 7) is 0.718. The number of methoxy groups -OCH3 is 1. The predicted molar refractivity (Wildman–Crippen MR) is 132 cm³/mol. The fourth-order valence-corrected chi connectivity index (χ4v) is 4.02. The van der Waals surface area contributed by atoms with E-state index in [9.17, 15) is 0 Å². The van der Waals surface area contributed by atoms with E-state index in [-0.39, 0.29) is 0 Å². The van der Waals surface area contributed by atoms with Crippen molar-refractivity contribution in [1.82, 2.24) is 24.5 Å². The molecule has 0 aliphatic heterocycles. The minimum Gasteiger partial charge on any atom is -0.496 e. The van der Waals surface area contributed by atoms with Crippen LogP contribution in [0.3, 0.4) is 0 Å². The summed E-state index contributed by atoms with van der Waals surface area (Å²) < 4.78 is 7.63. The van der Waals surface area contributed by atoms with E-state index in [2.05, 4.69) is 48.0 Å². The van der Waals surface area contributed by atoms with Gasteiger partial charge in [-0.3, -0.25) is 0 Å². The Kier molecular flexibility index (Phi) is 5.91. The third-order valence-corrected chi connectivity index (χ3v) is 5.76. The maximum Gasteiger partial charge on any atom is 0.231 e. The zero-order chi connectivity index (χ0) is 22.6. The predicted octanol–water partition coefficient (Wildman–Crippen LogP) is 5.41. The number of aromatic nitrogens is 5. The molecular weight excluding hydrogens is 432 g/mol. The Labute approximate surface area is 195 Å². The topological polar surface area (TPSA) is 77.8 Å². The molecule has 3 aromatic carbocycles. The number of benzene rings is 3. The molecule has 0 fully saturated rings. The molecule has 5 rings (SSSR count). The molecule has 0 amide bonds.